The monoisotopic (exact) mass is 617 g/mol. The van der Waals surface area contributed by atoms with E-state index in [1.54, 1.807) is 6.92 Å². The molecule has 16 heteroatoms. The molecule has 0 radical (unpaired) electrons. The van der Waals surface area contributed by atoms with Crippen LogP contribution >= 0.6 is 11.8 Å². The van der Waals surface area contributed by atoms with Crippen molar-refractivity contribution < 1.29 is 57.3 Å². The topological polar surface area (TPSA) is 184 Å². The number of ketones is 1. The van der Waals surface area contributed by atoms with Gasteiger partial charge in [0.05, 0.1) is 57.9 Å². The van der Waals surface area contributed by atoms with Gasteiger partial charge in [0.1, 0.15) is 6.10 Å². The number of ether oxygens (including phenoxy) is 4. The summed E-state index contributed by atoms with van der Waals surface area (Å²) in [5.74, 6) is -2.33. The third-order valence-electron chi connectivity index (χ3n) is 6.07. The van der Waals surface area contributed by atoms with E-state index >= 15 is 0 Å². The van der Waals surface area contributed by atoms with Gasteiger partial charge in [-0.3, -0.25) is 33.7 Å². The number of rotatable bonds is 22. The molecule has 2 rings (SSSR count). The first-order chi connectivity index (χ1) is 20.1. The summed E-state index contributed by atoms with van der Waals surface area (Å²) in [6, 6.07) is 0. The second-order valence-corrected chi connectivity index (χ2v) is 10.6. The van der Waals surface area contributed by atoms with Gasteiger partial charge in [0, 0.05) is 44.5 Å². The first-order valence-electron chi connectivity index (χ1n) is 13.7. The molecule has 0 saturated carbocycles. The SMILES string of the molecule is CC(=O)[C@H](C)OCCOCCSC1CC(=O)N(CCC(=O)NCCOCCOCCC(=O)ON2C(=O)CCC2=O)C1=O. The van der Waals surface area contributed by atoms with Gasteiger partial charge in [-0.1, -0.05) is 0 Å². The fourth-order valence-electron chi connectivity index (χ4n) is 3.62. The van der Waals surface area contributed by atoms with Crippen molar-refractivity contribution in [3.05, 3.63) is 0 Å². The number of carbonyl (C=O) groups is 7. The van der Waals surface area contributed by atoms with E-state index in [0.717, 1.165) is 4.90 Å². The van der Waals surface area contributed by atoms with Crippen molar-refractivity contribution in [1.29, 1.82) is 0 Å². The van der Waals surface area contributed by atoms with Crippen LogP contribution < -0.4 is 5.32 Å². The number of likely N-dealkylation sites (tertiary alicyclic amines) is 1. The maximum atomic E-state index is 12.6. The Bertz CT molecular complexity index is 962. The largest absolute Gasteiger partial charge is 0.378 e. The summed E-state index contributed by atoms with van der Waals surface area (Å²) in [6.07, 6.45) is -0.497. The molecule has 42 heavy (non-hydrogen) atoms. The van der Waals surface area contributed by atoms with Crippen LogP contribution in [-0.2, 0) is 57.3 Å². The first-order valence-corrected chi connectivity index (χ1v) is 14.8. The molecule has 2 heterocycles. The van der Waals surface area contributed by atoms with E-state index < -0.39 is 29.1 Å². The number of nitrogens with zero attached hydrogens (tertiary/aromatic N) is 2. The average molecular weight is 618 g/mol. The Hall–Kier alpha value is -2.92. The van der Waals surface area contributed by atoms with Crippen LogP contribution in [0.4, 0.5) is 0 Å². The summed E-state index contributed by atoms with van der Waals surface area (Å²) in [6.45, 7) is 4.96. The number of hydroxylamine groups is 2. The van der Waals surface area contributed by atoms with Crippen molar-refractivity contribution in [3.8, 4) is 0 Å². The van der Waals surface area contributed by atoms with Crippen molar-refractivity contribution in [2.45, 2.75) is 57.3 Å². The standard InChI is InChI=1S/C26H39N3O12S/c1-18(30)19(2)40-14-13-39-15-16-42-20-17-24(34)28(26(20)36)8-5-21(31)27-7-10-38-12-11-37-9-6-25(35)41-29-22(32)3-4-23(29)33/h19-20H,3-17H2,1-2H3,(H,27,31)/t19-,20?/m0/s1. The summed E-state index contributed by atoms with van der Waals surface area (Å²) in [7, 11) is 0. The molecule has 2 fully saturated rings. The van der Waals surface area contributed by atoms with Crippen molar-refractivity contribution in [1.82, 2.24) is 15.3 Å². The fraction of sp³-hybridized carbons (Fsp3) is 0.731. The molecular formula is C26H39N3O12S. The lowest BCUT2D eigenvalue weighted by molar-refractivity contribution is -0.198. The number of thioether (sulfide) groups is 1. The number of hydrogen-bond donors (Lipinski definition) is 1. The molecule has 0 aromatic rings. The Morgan fingerprint density at radius 1 is 0.881 bits per heavy atom. The van der Waals surface area contributed by atoms with Gasteiger partial charge in [0.2, 0.25) is 17.7 Å². The van der Waals surface area contributed by atoms with E-state index in [0.29, 0.717) is 24.0 Å². The summed E-state index contributed by atoms with van der Waals surface area (Å²) in [5.41, 5.74) is 0. The van der Waals surface area contributed by atoms with Gasteiger partial charge in [-0.25, -0.2) is 4.79 Å². The zero-order valence-corrected chi connectivity index (χ0v) is 24.8. The van der Waals surface area contributed by atoms with Gasteiger partial charge in [0.15, 0.2) is 5.78 Å². The molecule has 0 aromatic heterocycles. The van der Waals surface area contributed by atoms with Gasteiger partial charge >= 0.3 is 5.97 Å². The van der Waals surface area contributed by atoms with Crippen molar-refractivity contribution in [2.24, 2.45) is 0 Å². The molecule has 236 valence electrons. The van der Waals surface area contributed by atoms with E-state index in [2.05, 4.69) is 5.32 Å². The lowest BCUT2D eigenvalue weighted by Gasteiger charge is -2.15. The molecule has 1 N–H and O–H groups in total. The number of nitrogens with one attached hydrogen (secondary N) is 1. The summed E-state index contributed by atoms with van der Waals surface area (Å²) >= 11 is 1.33. The molecule has 5 amide bonds. The number of hydrogen-bond acceptors (Lipinski definition) is 13. The third-order valence-corrected chi connectivity index (χ3v) is 7.24. The highest BCUT2D eigenvalue weighted by Gasteiger charge is 2.38. The number of Topliss-reactive ketones (excluding diaryl/α,β-unsaturated/α-hetero) is 1. The van der Waals surface area contributed by atoms with Gasteiger partial charge in [0.25, 0.3) is 11.8 Å². The van der Waals surface area contributed by atoms with Crippen LogP contribution in [-0.4, -0.2) is 128 Å². The molecule has 2 aliphatic rings. The molecule has 15 nitrogen and oxygen atoms in total. The predicted molar refractivity (Wildman–Crippen MR) is 146 cm³/mol. The average Bonchev–Trinajstić information content (AvgIpc) is 3.41. The highest BCUT2D eigenvalue weighted by Crippen LogP contribution is 2.25. The molecular weight excluding hydrogens is 578 g/mol. The zero-order chi connectivity index (χ0) is 30.9. The number of carbonyl (C=O) groups excluding carboxylic acids is 7. The molecule has 2 saturated heterocycles. The maximum Gasteiger partial charge on any atom is 0.335 e. The second-order valence-electron chi connectivity index (χ2n) is 9.30. The van der Waals surface area contributed by atoms with Crippen LogP contribution in [0.1, 0.15) is 46.0 Å². The molecule has 0 aliphatic carbocycles. The van der Waals surface area contributed by atoms with Crippen LogP contribution in [0.3, 0.4) is 0 Å². The molecule has 2 aliphatic heterocycles. The Morgan fingerprint density at radius 3 is 2.21 bits per heavy atom. The van der Waals surface area contributed by atoms with Gasteiger partial charge in [-0.05, 0) is 13.8 Å². The fourth-order valence-corrected chi connectivity index (χ4v) is 4.65. The minimum Gasteiger partial charge on any atom is -0.378 e. The van der Waals surface area contributed by atoms with Crippen LogP contribution in [0.5, 0.6) is 0 Å². The quantitative estimate of drug-likeness (QED) is 0.120. The second kappa shape index (κ2) is 19.3. The van der Waals surface area contributed by atoms with E-state index in [-0.39, 0.29) is 102 Å². The van der Waals surface area contributed by atoms with Crippen LogP contribution in [0.25, 0.3) is 0 Å². The van der Waals surface area contributed by atoms with E-state index in [4.69, 9.17) is 23.8 Å². The third kappa shape index (κ3) is 12.9. The lowest BCUT2D eigenvalue weighted by Crippen LogP contribution is -2.36. The molecule has 1 unspecified atom stereocenters. The van der Waals surface area contributed by atoms with Crippen LogP contribution in [0.15, 0.2) is 0 Å². The lowest BCUT2D eigenvalue weighted by atomic mass is 10.3. The van der Waals surface area contributed by atoms with Crippen LogP contribution in [0, 0.1) is 0 Å². The maximum absolute atomic E-state index is 12.6. The van der Waals surface area contributed by atoms with Crippen LogP contribution in [0.2, 0.25) is 0 Å². The Morgan fingerprint density at radius 2 is 1.52 bits per heavy atom. The minimum atomic E-state index is -0.751. The van der Waals surface area contributed by atoms with E-state index in [1.165, 1.54) is 18.7 Å². The summed E-state index contributed by atoms with van der Waals surface area (Å²) in [4.78, 5) is 88.3. The predicted octanol–water partition coefficient (Wildman–Crippen LogP) is -0.605. The molecule has 2 atom stereocenters. The Kier molecular flexibility index (Phi) is 16.2. The smallest absolute Gasteiger partial charge is 0.335 e. The zero-order valence-electron chi connectivity index (χ0n) is 24.0. The Balaban J connectivity index is 1.44. The highest BCUT2D eigenvalue weighted by molar-refractivity contribution is 8.00. The molecule has 0 bridgehead atoms. The Labute approximate surface area is 248 Å². The summed E-state index contributed by atoms with van der Waals surface area (Å²) < 4.78 is 21.3. The molecule has 0 aromatic carbocycles. The normalized spacial score (nSPS) is 17.7. The van der Waals surface area contributed by atoms with Gasteiger partial charge in [-0.15, -0.1) is 16.8 Å². The van der Waals surface area contributed by atoms with Crippen molar-refractivity contribution >= 4 is 53.1 Å². The van der Waals surface area contributed by atoms with Gasteiger partial charge < -0.3 is 29.1 Å². The van der Waals surface area contributed by atoms with E-state index in [9.17, 15) is 33.6 Å². The highest BCUT2D eigenvalue weighted by atomic mass is 32.2. The minimum absolute atomic E-state index is 0.0000552. The molecule has 0 spiro atoms. The first kappa shape index (κ1) is 35.3. The van der Waals surface area contributed by atoms with Crippen molar-refractivity contribution in [2.75, 3.05) is 65.1 Å². The van der Waals surface area contributed by atoms with E-state index in [1.807, 2.05) is 0 Å². The van der Waals surface area contributed by atoms with Gasteiger partial charge in [-0.2, -0.15) is 0 Å². The van der Waals surface area contributed by atoms with Crippen molar-refractivity contribution in [3.63, 3.8) is 0 Å². The summed E-state index contributed by atoms with van der Waals surface area (Å²) in [5, 5.41) is 2.63. The number of amides is 5. The number of imide groups is 2.